The van der Waals surface area contributed by atoms with Crippen LogP contribution in [0.15, 0.2) is 69.7 Å². The molecule has 2 aromatic carbocycles. The average molecular weight is 525 g/mol. The molecule has 3 aromatic rings. The molecule has 1 aromatic heterocycles. The van der Waals surface area contributed by atoms with Crippen LogP contribution in [0.25, 0.3) is 0 Å². The summed E-state index contributed by atoms with van der Waals surface area (Å²) in [5.41, 5.74) is 4.65. The second-order valence-corrected chi connectivity index (χ2v) is 9.98. The van der Waals surface area contributed by atoms with E-state index in [0.717, 1.165) is 39.1 Å². The minimum Gasteiger partial charge on any atom is -0.493 e. The van der Waals surface area contributed by atoms with Crippen LogP contribution in [0.4, 0.5) is 11.4 Å². The van der Waals surface area contributed by atoms with Gasteiger partial charge in [-0.2, -0.15) is 0 Å². The first-order valence-corrected chi connectivity index (χ1v) is 12.7. The number of ketones is 1. The van der Waals surface area contributed by atoms with Crippen LogP contribution in [0.5, 0.6) is 11.5 Å². The highest BCUT2D eigenvalue weighted by molar-refractivity contribution is 9.10. The Hall–Kier alpha value is -2.77. The van der Waals surface area contributed by atoms with Gasteiger partial charge in [0.1, 0.15) is 0 Å². The lowest BCUT2D eigenvalue weighted by molar-refractivity contribution is -0.116. The molecule has 0 radical (unpaired) electrons. The van der Waals surface area contributed by atoms with Crippen molar-refractivity contribution in [1.29, 1.82) is 0 Å². The molecule has 0 bridgehead atoms. The van der Waals surface area contributed by atoms with Crippen molar-refractivity contribution in [2.75, 3.05) is 24.4 Å². The first-order valence-electron chi connectivity index (χ1n) is 11.0. The van der Waals surface area contributed by atoms with E-state index in [-0.39, 0.29) is 17.7 Å². The van der Waals surface area contributed by atoms with Crippen molar-refractivity contribution < 1.29 is 14.3 Å². The van der Waals surface area contributed by atoms with Gasteiger partial charge in [0.15, 0.2) is 17.3 Å². The van der Waals surface area contributed by atoms with Crippen LogP contribution in [0.2, 0.25) is 0 Å². The molecular formula is C26H25BrN2O3S. The van der Waals surface area contributed by atoms with E-state index in [4.69, 9.17) is 9.47 Å². The minimum atomic E-state index is -0.311. The Kier molecular flexibility index (Phi) is 6.17. The largest absolute Gasteiger partial charge is 0.493 e. The average Bonchev–Trinajstić information content (AvgIpc) is 3.29. The van der Waals surface area contributed by atoms with E-state index in [1.165, 1.54) is 4.88 Å². The van der Waals surface area contributed by atoms with Crippen LogP contribution in [-0.4, -0.2) is 19.5 Å². The number of Topliss-reactive ketones (excluding diaryl/α,β-unsaturated/α-hetero) is 1. The number of thiophene rings is 1. The summed E-state index contributed by atoms with van der Waals surface area (Å²) in [6, 6.07) is 15.9. The number of para-hydroxylation sites is 2. The summed E-state index contributed by atoms with van der Waals surface area (Å²) in [5.74, 6) is 1.65. The number of rotatable bonds is 5. The monoisotopic (exact) mass is 524 g/mol. The number of methoxy groups -OCH3 is 1. The topological polar surface area (TPSA) is 59.6 Å². The fraction of sp³-hybridized carbons (Fsp3) is 0.269. The predicted molar refractivity (Wildman–Crippen MR) is 137 cm³/mol. The summed E-state index contributed by atoms with van der Waals surface area (Å²) in [6.07, 6.45) is 1.30. The molecule has 170 valence electrons. The quantitative estimate of drug-likeness (QED) is 0.380. The standard InChI is InChI=1S/C26H25BrN2O3S/c1-3-32-26-17(27)11-16(14-22(26)31-2)25-24-20(28-18-7-4-5-8-19(18)29-25)12-15(13-21(24)30)23-9-6-10-33-23/h4-11,14-15,25,28-29H,3,12-13H2,1-2H3/t15-,25-/m1/s1. The maximum absolute atomic E-state index is 13.6. The smallest absolute Gasteiger partial charge is 0.175 e. The molecule has 0 saturated heterocycles. The molecule has 1 aliphatic heterocycles. The summed E-state index contributed by atoms with van der Waals surface area (Å²) in [6.45, 7) is 2.47. The van der Waals surface area contributed by atoms with Crippen molar-refractivity contribution in [1.82, 2.24) is 0 Å². The molecule has 2 aliphatic rings. The van der Waals surface area contributed by atoms with Crippen molar-refractivity contribution >= 4 is 44.4 Å². The molecule has 0 spiro atoms. The number of nitrogens with one attached hydrogen (secondary N) is 2. The van der Waals surface area contributed by atoms with Crippen molar-refractivity contribution in [2.24, 2.45) is 0 Å². The summed E-state index contributed by atoms with van der Waals surface area (Å²) < 4.78 is 12.2. The lowest BCUT2D eigenvalue weighted by Gasteiger charge is -2.29. The van der Waals surface area contributed by atoms with Gasteiger partial charge >= 0.3 is 0 Å². The van der Waals surface area contributed by atoms with Crippen molar-refractivity contribution in [3.05, 3.63) is 80.1 Å². The molecule has 0 fully saturated rings. The van der Waals surface area contributed by atoms with Crippen LogP contribution in [0.3, 0.4) is 0 Å². The molecule has 0 saturated carbocycles. The first kappa shape index (κ1) is 22.0. The predicted octanol–water partition coefficient (Wildman–Crippen LogP) is 6.90. The van der Waals surface area contributed by atoms with E-state index in [1.54, 1.807) is 18.4 Å². The van der Waals surface area contributed by atoms with Gasteiger partial charge in [0.25, 0.3) is 0 Å². The molecule has 1 aliphatic carbocycles. The zero-order valence-corrected chi connectivity index (χ0v) is 20.9. The summed E-state index contributed by atoms with van der Waals surface area (Å²) in [5, 5.41) is 9.30. The number of fused-ring (bicyclic) bond motifs is 1. The molecule has 2 atom stereocenters. The molecule has 2 heterocycles. The van der Waals surface area contributed by atoms with Gasteiger partial charge in [-0.1, -0.05) is 18.2 Å². The van der Waals surface area contributed by atoms with E-state index < -0.39 is 0 Å². The van der Waals surface area contributed by atoms with Gasteiger partial charge in [-0.3, -0.25) is 4.79 Å². The molecular weight excluding hydrogens is 500 g/mol. The fourth-order valence-corrected chi connectivity index (χ4v) is 6.06. The van der Waals surface area contributed by atoms with Gasteiger partial charge in [0, 0.05) is 28.5 Å². The second kappa shape index (κ2) is 9.23. The zero-order valence-electron chi connectivity index (χ0n) is 18.5. The summed E-state index contributed by atoms with van der Waals surface area (Å²) in [4.78, 5) is 14.9. The van der Waals surface area contributed by atoms with Crippen molar-refractivity contribution in [3.63, 3.8) is 0 Å². The van der Waals surface area contributed by atoms with Crippen molar-refractivity contribution in [2.45, 2.75) is 31.7 Å². The Labute approximate surface area is 205 Å². The highest BCUT2D eigenvalue weighted by Crippen LogP contribution is 2.47. The SMILES string of the molecule is CCOc1c(Br)cc([C@H]2Nc3ccccc3NC3=C2C(=O)C[C@H](c2cccs2)C3)cc1OC. The normalized spacial score (nSPS) is 19.7. The number of carbonyl (C=O) groups is 1. The van der Waals surface area contributed by atoms with E-state index in [1.807, 2.05) is 43.3 Å². The number of hydrogen-bond acceptors (Lipinski definition) is 6. The second-order valence-electron chi connectivity index (χ2n) is 8.15. The fourth-order valence-electron chi connectivity index (χ4n) is 4.66. The lowest BCUT2D eigenvalue weighted by atomic mass is 9.80. The summed E-state index contributed by atoms with van der Waals surface area (Å²) in [7, 11) is 1.63. The highest BCUT2D eigenvalue weighted by Gasteiger charge is 2.36. The molecule has 5 nitrogen and oxygen atoms in total. The van der Waals surface area contributed by atoms with E-state index in [0.29, 0.717) is 24.5 Å². The maximum atomic E-state index is 13.6. The Morgan fingerprint density at radius 1 is 1.12 bits per heavy atom. The summed E-state index contributed by atoms with van der Waals surface area (Å²) >= 11 is 5.37. The number of halogens is 1. The van der Waals surface area contributed by atoms with Crippen LogP contribution in [-0.2, 0) is 4.79 Å². The van der Waals surface area contributed by atoms with Crippen LogP contribution in [0.1, 0.15) is 42.2 Å². The van der Waals surface area contributed by atoms with Gasteiger partial charge in [-0.25, -0.2) is 0 Å². The van der Waals surface area contributed by atoms with Crippen LogP contribution in [0, 0.1) is 0 Å². The van der Waals surface area contributed by atoms with Gasteiger partial charge in [0.2, 0.25) is 0 Å². The third-order valence-corrected chi connectivity index (χ3v) is 7.75. The van der Waals surface area contributed by atoms with Crippen LogP contribution < -0.4 is 20.1 Å². The third kappa shape index (κ3) is 4.15. The highest BCUT2D eigenvalue weighted by atomic mass is 79.9. The van der Waals surface area contributed by atoms with Gasteiger partial charge in [-0.15, -0.1) is 11.3 Å². The zero-order chi connectivity index (χ0) is 22.9. The Morgan fingerprint density at radius 2 is 1.94 bits per heavy atom. The molecule has 33 heavy (non-hydrogen) atoms. The third-order valence-electron chi connectivity index (χ3n) is 6.13. The Balaban J connectivity index is 1.64. The Bertz CT molecular complexity index is 1220. The van der Waals surface area contributed by atoms with E-state index in [2.05, 4.69) is 44.1 Å². The number of anilines is 2. The van der Waals surface area contributed by atoms with Gasteiger partial charge in [0.05, 0.1) is 35.6 Å². The lowest BCUT2D eigenvalue weighted by Crippen LogP contribution is -2.26. The van der Waals surface area contributed by atoms with Crippen molar-refractivity contribution in [3.8, 4) is 11.5 Å². The minimum absolute atomic E-state index is 0.163. The number of carbonyl (C=O) groups excluding carboxylic acids is 1. The Morgan fingerprint density at radius 3 is 2.67 bits per heavy atom. The first-order chi connectivity index (χ1) is 16.1. The van der Waals surface area contributed by atoms with Gasteiger partial charge < -0.3 is 20.1 Å². The molecule has 2 N–H and O–H groups in total. The van der Waals surface area contributed by atoms with E-state index >= 15 is 0 Å². The molecule has 7 heteroatoms. The number of ether oxygens (including phenoxy) is 2. The molecule has 5 rings (SSSR count). The number of hydrogen-bond donors (Lipinski definition) is 2. The molecule has 0 amide bonds. The number of benzene rings is 2. The molecule has 0 unspecified atom stereocenters. The maximum Gasteiger partial charge on any atom is 0.175 e. The van der Waals surface area contributed by atoms with Crippen LogP contribution >= 0.6 is 27.3 Å². The van der Waals surface area contributed by atoms with Gasteiger partial charge in [-0.05, 0) is 70.5 Å². The number of allylic oxidation sites excluding steroid dienone is 1. The van der Waals surface area contributed by atoms with E-state index in [9.17, 15) is 4.79 Å².